The number of pyridine rings is 1. The summed E-state index contributed by atoms with van der Waals surface area (Å²) >= 11 is 0. The predicted octanol–water partition coefficient (Wildman–Crippen LogP) is 0.798. The van der Waals surface area contributed by atoms with E-state index >= 15 is 0 Å². The molecule has 1 aromatic rings. The van der Waals surface area contributed by atoms with Crippen LogP contribution in [0.5, 0.6) is 0 Å². The maximum atomic E-state index is 12.4. The van der Waals surface area contributed by atoms with Gasteiger partial charge in [0.2, 0.25) is 11.8 Å². The number of piperidine rings is 1. The van der Waals surface area contributed by atoms with Crippen molar-refractivity contribution in [3.8, 4) is 0 Å². The first kappa shape index (κ1) is 16.4. The number of likely N-dealkylation sites (N-methyl/N-ethyl adjacent to an activating group) is 1. The van der Waals surface area contributed by atoms with Crippen molar-refractivity contribution in [3.63, 3.8) is 0 Å². The lowest BCUT2D eigenvalue weighted by Crippen LogP contribution is -2.44. The molecule has 2 rings (SSSR count). The summed E-state index contributed by atoms with van der Waals surface area (Å²) in [7, 11) is 1.82. The Labute approximate surface area is 131 Å². The van der Waals surface area contributed by atoms with Gasteiger partial charge in [-0.3, -0.25) is 19.5 Å². The predicted molar refractivity (Wildman–Crippen MR) is 83.8 cm³/mol. The van der Waals surface area contributed by atoms with Crippen LogP contribution in [0.3, 0.4) is 0 Å². The van der Waals surface area contributed by atoms with Crippen LogP contribution in [0.1, 0.15) is 31.4 Å². The number of rotatable bonds is 5. The van der Waals surface area contributed by atoms with E-state index in [0.717, 1.165) is 31.5 Å². The van der Waals surface area contributed by atoms with Crippen molar-refractivity contribution in [2.24, 2.45) is 11.7 Å². The van der Waals surface area contributed by atoms with Crippen molar-refractivity contribution in [3.05, 3.63) is 30.1 Å². The van der Waals surface area contributed by atoms with Crippen molar-refractivity contribution in [1.29, 1.82) is 0 Å². The second kappa shape index (κ2) is 7.35. The van der Waals surface area contributed by atoms with Gasteiger partial charge in [-0.2, -0.15) is 0 Å². The number of hydrogen-bond acceptors (Lipinski definition) is 4. The van der Waals surface area contributed by atoms with Gasteiger partial charge < -0.3 is 10.6 Å². The maximum Gasteiger partial charge on any atom is 0.236 e. The molecule has 0 saturated carbocycles. The van der Waals surface area contributed by atoms with E-state index in [1.54, 1.807) is 17.3 Å². The van der Waals surface area contributed by atoms with Gasteiger partial charge >= 0.3 is 0 Å². The molecule has 0 bridgehead atoms. The van der Waals surface area contributed by atoms with Crippen LogP contribution in [0, 0.1) is 5.92 Å². The molecule has 22 heavy (non-hydrogen) atoms. The first-order valence-electron chi connectivity index (χ1n) is 7.66. The molecular formula is C16H24N4O2. The van der Waals surface area contributed by atoms with Crippen molar-refractivity contribution in [1.82, 2.24) is 14.8 Å². The number of primary amides is 1. The Morgan fingerprint density at radius 3 is 2.50 bits per heavy atom. The fraction of sp³-hybridized carbons (Fsp3) is 0.562. The summed E-state index contributed by atoms with van der Waals surface area (Å²) in [6, 6.07) is 3.86. The minimum Gasteiger partial charge on any atom is -0.369 e. The normalized spacial score (nSPS) is 17.9. The molecule has 1 aliphatic heterocycles. The lowest BCUT2D eigenvalue weighted by molar-refractivity contribution is -0.133. The lowest BCUT2D eigenvalue weighted by Gasteiger charge is -2.32. The smallest absolute Gasteiger partial charge is 0.236 e. The fourth-order valence-electron chi connectivity index (χ4n) is 2.76. The summed E-state index contributed by atoms with van der Waals surface area (Å²) in [5.74, 6) is -0.184. The van der Waals surface area contributed by atoms with Crippen LogP contribution >= 0.6 is 0 Å². The summed E-state index contributed by atoms with van der Waals surface area (Å²) in [6.45, 7) is 3.89. The Balaban J connectivity index is 1.86. The van der Waals surface area contributed by atoms with Crippen molar-refractivity contribution >= 4 is 11.8 Å². The molecule has 6 nitrogen and oxygen atoms in total. The molecular weight excluding hydrogens is 280 g/mol. The molecule has 0 aromatic carbocycles. The molecule has 2 heterocycles. The van der Waals surface area contributed by atoms with E-state index in [2.05, 4.69) is 9.88 Å². The SMILES string of the molecule is CC(c1ccncc1)N(C)C(=O)CN1CCC(C(N)=O)CC1. The average molecular weight is 304 g/mol. The minimum absolute atomic E-state index is 0.0126. The van der Waals surface area contributed by atoms with E-state index in [-0.39, 0.29) is 23.8 Å². The largest absolute Gasteiger partial charge is 0.369 e. The van der Waals surface area contributed by atoms with Gasteiger partial charge in [0.1, 0.15) is 0 Å². The third-order valence-electron chi connectivity index (χ3n) is 4.51. The van der Waals surface area contributed by atoms with Gasteiger partial charge in [0, 0.05) is 25.4 Å². The summed E-state index contributed by atoms with van der Waals surface area (Å²) in [6.07, 6.45) is 4.95. The molecule has 2 amide bonds. The van der Waals surface area contributed by atoms with Crippen LogP contribution in [-0.4, -0.2) is 53.3 Å². The van der Waals surface area contributed by atoms with Crippen LogP contribution in [0.2, 0.25) is 0 Å². The zero-order valence-electron chi connectivity index (χ0n) is 13.2. The van der Waals surface area contributed by atoms with Gasteiger partial charge in [0.15, 0.2) is 0 Å². The van der Waals surface area contributed by atoms with Crippen LogP contribution in [0.4, 0.5) is 0 Å². The van der Waals surface area contributed by atoms with Crippen LogP contribution in [0.15, 0.2) is 24.5 Å². The number of amides is 2. The first-order chi connectivity index (χ1) is 10.5. The molecule has 1 unspecified atom stereocenters. The molecule has 6 heteroatoms. The quantitative estimate of drug-likeness (QED) is 0.872. The Morgan fingerprint density at radius 1 is 1.36 bits per heavy atom. The van der Waals surface area contributed by atoms with Crippen molar-refractivity contribution in [2.45, 2.75) is 25.8 Å². The molecule has 1 fully saturated rings. The Hall–Kier alpha value is -1.95. The molecule has 1 aromatic heterocycles. The third-order valence-corrected chi connectivity index (χ3v) is 4.51. The monoisotopic (exact) mass is 304 g/mol. The molecule has 0 radical (unpaired) electrons. The van der Waals surface area contributed by atoms with Gasteiger partial charge in [-0.1, -0.05) is 0 Å². The lowest BCUT2D eigenvalue weighted by atomic mass is 9.96. The highest BCUT2D eigenvalue weighted by Gasteiger charge is 2.26. The van der Waals surface area contributed by atoms with Gasteiger partial charge in [0.05, 0.1) is 12.6 Å². The minimum atomic E-state index is -0.227. The van der Waals surface area contributed by atoms with Crippen LogP contribution in [-0.2, 0) is 9.59 Å². The number of hydrogen-bond donors (Lipinski definition) is 1. The summed E-state index contributed by atoms with van der Waals surface area (Å²) in [5, 5.41) is 0. The molecule has 1 aliphatic rings. The number of nitrogens with zero attached hydrogens (tertiary/aromatic N) is 3. The van der Waals surface area contributed by atoms with E-state index in [4.69, 9.17) is 5.73 Å². The standard InChI is InChI=1S/C16H24N4O2/c1-12(13-3-7-18-8-4-13)19(2)15(21)11-20-9-5-14(6-10-20)16(17)22/h3-4,7-8,12,14H,5-6,9-11H2,1-2H3,(H2,17,22). The maximum absolute atomic E-state index is 12.4. The van der Waals surface area contributed by atoms with Crippen molar-refractivity contribution < 1.29 is 9.59 Å². The highest BCUT2D eigenvalue weighted by molar-refractivity contribution is 5.79. The molecule has 1 saturated heterocycles. The number of carbonyl (C=O) groups is 2. The summed E-state index contributed by atoms with van der Waals surface area (Å²) < 4.78 is 0. The highest BCUT2D eigenvalue weighted by Crippen LogP contribution is 2.20. The van der Waals surface area contributed by atoms with Crippen LogP contribution in [0.25, 0.3) is 0 Å². The molecule has 0 aliphatic carbocycles. The number of nitrogens with two attached hydrogens (primary N) is 1. The Morgan fingerprint density at radius 2 is 1.95 bits per heavy atom. The van der Waals surface area contributed by atoms with Crippen molar-refractivity contribution in [2.75, 3.05) is 26.7 Å². The Bertz CT molecular complexity index is 512. The average Bonchev–Trinajstić information content (AvgIpc) is 2.54. The zero-order chi connectivity index (χ0) is 16.1. The van der Waals surface area contributed by atoms with Gasteiger partial charge in [0.25, 0.3) is 0 Å². The Kier molecular flexibility index (Phi) is 5.49. The topological polar surface area (TPSA) is 79.5 Å². The van der Waals surface area contributed by atoms with Crippen LogP contribution < -0.4 is 5.73 Å². The second-order valence-electron chi connectivity index (χ2n) is 5.91. The molecule has 2 N–H and O–H groups in total. The molecule has 120 valence electrons. The molecule has 1 atom stereocenters. The molecule has 0 spiro atoms. The zero-order valence-corrected chi connectivity index (χ0v) is 13.2. The first-order valence-corrected chi connectivity index (χ1v) is 7.66. The number of carbonyl (C=O) groups excluding carboxylic acids is 2. The summed E-state index contributed by atoms with van der Waals surface area (Å²) in [4.78, 5) is 31.4. The van der Waals surface area contributed by atoms with E-state index in [1.165, 1.54) is 0 Å². The van der Waals surface area contributed by atoms with Gasteiger partial charge in [-0.15, -0.1) is 0 Å². The van der Waals surface area contributed by atoms with E-state index in [1.807, 2.05) is 26.1 Å². The fourth-order valence-corrected chi connectivity index (χ4v) is 2.76. The van der Waals surface area contributed by atoms with E-state index < -0.39 is 0 Å². The van der Waals surface area contributed by atoms with Gasteiger partial charge in [-0.25, -0.2) is 0 Å². The number of likely N-dealkylation sites (tertiary alicyclic amines) is 1. The summed E-state index contributed by atoms with van der Waals surface area (Å²) in [5.41, 5.74) is 6.40. The van der Waals surface area contributed by atoms with Gasteiger partial charge in [-0.05, 0) is 50.6 Å². The third kappa shape index (κ3) is 4.04. The second-order valence-corrected chi connectivity index (χ2v) is 5.91. The highest BCUT2D eigenvalue weighted by atomic mass is 16.2. The number of aromatic nitrogens is 1. The van der Waals surface area contributed by atoms with E-state index in [9.17, 15) is 9.59 Å². The van der Waals surface area contributed by atoms with E-state index in [0.29, 0.717) is 6.54 Å².